The van der Waals surface area contributed by atoms with E-state index in [-0.39, 0.29) is 4.90 Å². The lowest BCUT2D eigenvalue weighted by Crippen LogP contribution is -2.21. The topological polar surface area (TPSA) is 58.2 Å². The SMILES string of the molecule is CC(C)NCc1cc(S(=O)(=O)Nc2ccc(Cl)cc2)cs1. The van der Waals surface area contributed by atoms with Crippen LogP contribution in [0.5, 0.6) is 0 Å². The van der Waals surface area contributed by atoms with E-state index in [0.29, 0.717) is 23.3 Å². The Kier molecular flexibility index (Phi) is 5.27. The van der Waals surface area contributed by atoms with Gasteiger partial charge in [-0.1, -0.05) is 25.4 Å². The quantitative estimate of drug-likeness (QED) is 0.840. The van der Waals surface area contributed by atoms with Crippen molar-refractivity contribution < 1.29 is 8.42 Å². The van der Waals surface area contributed by atoms with E-state index in [1.54, 1.807) is 35.7 Å². The molecule has 0 bridgehead atoms. The minimum Gasteiger partial charge on any atom is -0.310 e. The first kappa shape index (κ1) is 16.3. The van der Waals surface area contributed by atoms with E-state index in [2.05, 4.69) is 10.0 Å². The Morgan fingerprint density at radius 1 is 1.24 bits per heavy atom. The third-order valence-electron chi connectivity index (χ3n) is 2.72. The average Bonchev–Trinajstić information content (AvgIpc) is 2.88. The third kappa shape index (κ3) is 4.71. The molecule has 0 aliphatic heterocycles. The lowest BCUT2D eigenvalue weighted by Gasteiger charge is -2.07. The molecule has 1 aromatic carbocycles. The van der Waals surface area contributed by atoms with Gasteiger partial charge in [0.15, 0.2) is 0 Å². The Morgan fingerprint density at radius 2 is 1.90 bits per heavy atom. The van der Waals surface area contributed by atoms with Crippen LogP contribution in [0.1, 0.15) is 18.7 Å². The maximum Gasteiger partial charge on any atom is 0.262 e. The van der Waals surface area contributed by atoms with Gasteiger partial charge in [-0.2, -0.15) is 0 Å². The first-order valence-corrected chi connectivity index (χ1v) is 9.20. The maximum atomic E-state index is 12.3. The molecular weight excluding hydrogens is 328 g/mol. The van der Waals surface area contributed by atoms with Gasteiger partial charge in [-0.25, -0.2) is 8.42 Å². The summed E-state index contributed by atoms with van der Waals surface area (Å²) >= 11 is 7.21. The van der Waals surface area contributed by atoms with Crippen LogP contribution in [-0.2, 0) is 16.6 Å². The molecule has 0 spiro atoms. The molecule has 0 fully saturated rings. The number of halogens is 1. The van der Waals surface area contributed by atoms with Crippen molar-refractivity contribution in [3.63, 3.8) is 0 Å². The van der Waals surface area contributed by atoms with Crippen LogP contribution in [0.3, 0.4) is 0 Å². The monoisotopic (exact) mass is 344 g/mol. The summed E-state index contributed by atoms with van der Waals surface area (Å²) in [7, 11) is -3.55. The predicted octanol–water partition coefficient (Wildman–Crippen LogP) is 3.70. The molecule has 0 radical (unpaired) electrons. The van der Waals surface area contributed by atoms with E-state index >= 15 is 0 Å². The minimum atomic E-state index is -3.55. The molecule has 0 atom stereocenters. The van der Waals surface area contributed by atoms with Crippen molar-refractivity contribution in [2.75, 3.05) is 4.72 Å². The highest BCUT2D eigenvalue weighted by atomic mass is 35.5. The van der Waals surface area contributed by atoms with Crippen LogP contribution in [-0.4, -0.2) is 14.5 Å². The van der Waals surface area contributed by atoms with Gasteiger partial charge in [0.2, 0.25) is 0 Å². The van der Waals surface area contributed by atoms with Crippen LogP contribution in [0.15, 0.2) is 40.6 Å². The van der Waals surface area contributed by atoms with Crippen molar-refractivity contribution >= 4 is 38.6 Å². The van der Waals surface area contributed by atoms with E-state index in [1.807, 2.05) is 13.8 Å². The Balaban J connectivity index is 2.10. The van der Waals surface area contributed by atoms with Gasteiger partial charge in [0.05, 0.1) is 4.90 Å². The highest BCUT2D eigenvalue weighted by Crippen LogP contribution is 2.23. The van der Waals surface area contributed by atoms with Crippen LogP contribution in [0.2, 0.25) is 5.02 Å². The second-order valence-corrected chi connectivity index (χ2v) is 8.01. The summed E-state index contributed by atoms with van der Waals surface area (Å²) in [4.78, 5) is 1.27. The zero-order valence-corrected chi connectivity index (χ0v) is 14.1. The summed E-state index contributed by atoms with van der Waals surface area (Å²) < 4.78 is 27.1. The van der Waals surface area contributed by atoms with Crippen LogP contribution >= 0.6 is 22.9 Å². The number of sulfonamides is 1. The zero-order valence-electron chi connectivity index (χ0n) is 11.8. The average molecular weight is 345 g/mol. The molecule has 2 rings (SSSR count). The molecule has 0 saturated heterocycles. The van der Waals surface area contributed by atoms with Gasteiger partial charge in [0, 0.05) is 33.6 Å². The van der Waals surface area contributed by atoms with E-state index in [9.17, 15) is 8.42 Å². The number of thiophene rings is 1. The van der Waals surface area contributed by atoms with Gasteiger partial charge < -0.3 is 5.32 Å². The maximum absolute atomic E-state index is 12.3. The summed E-state index contributed by atoms with van der Waals surface area (Å²) in [5.41, 5.74) is 0.493. The second kappa shape index (κ2) is 6.79. The molecule has 1 aromatic heterocycles. The van der Waals surface area contributed by atoms with Crippen molar-refractivity contribution in [3.8, 4) is 0 Å². The standard InChI is InChI=1S/C14H17ClN2O2S2/c1-10(2)16-8-13-7-14(9-20-13)21(18,19)17-12-5-3-11(15)4-6-12/h3-7,9-10,16-17H,8H2,1-2H3. The molecule has 21 heavy (non-hydrogen) atoms. The van der Waals surface area contributed by atoms with Crippen LogP contribution in [0.25, 0.3) is 0 Å². The molecule has 2 N–H and O–H groups in total. The minimum absolute atomic E-state index is 0.281. The molecule has 7 heteroatoms. The molecule has 4 nitrogen and oxygen atoms in total. The Morgan fingerprint density at radius 3 is 2.52 bits per heavy atom. The Hall–Kier alpha value is -1.08. The molecule has 2 aromatic rings. The van der Waals surface area contributed by atoms with Crippen molar-refractivity contribution in [1.29, 1.82) is 0 Å². The summed E-state index contributed by atoms with van der Waals surface area (Å²) in [6.07, 6.45) is 0. The molecule has 1 heterocycles. The van der Waals surface area contributed by atoms with Crippen LogP contribution < -0.4 is 10.0 Å². The summed E-state index contributed by atoms with van der Waals surface area (Å²) in [5.74, 6) is 0. The van der Waals surface area contributed by atoms with Gasteiger partial charge in [-0.05, 0) is 30.3 Å². The van der Waals surface area contributed by atoms with E-state index in [1.165, 1.54) is 11.3 Å². The summed E-state index contributed by atoms with van der Waals surface area (Å²) in [6.45, 7) is 4.76. The fraction of sp³-hybridized carbons (Fsp3) is 0.286. The highest BCUT2D eigenvalue weighted by Gasteiger charge is 2.16. The van der Waals surface area contributed by atoms with Crippen molar-refractivity contribution in [2.45, 2.75) is 31.3 Å². The smallest absolute Gasteiger partial charge is 0.262 e. The van der Waals surface area contributed by atoms with E-state index in [0.717, 1.165) is 4.88 Å². The summed E-state index contributed by atoms with van der Waals surface area (Å²) in [6, 6.07) is 8.61. The summed E-state index contributed by atoms with van der Waals surface area (Å²) in [5, 5.41) is 5.48. The Labute approximate surface area is 134 Å². The molecule has 0 unspecified atom stereocenters. The second-order valence-electron chi connectivity index (χ2n) is 4.90. The molecule has 0 aliphatic carbocycles. The lowest BCUT2D eigenvalue weighted by atomic mass is 10.3. The first-order valence-electron chi connectivity index (χ1n) is 6.46. The van der Waals surface area contributed by atoms with Crippen LogP contribution in [0.4, 0.5) is 5.69 Å². The largest absolute Gasteiger partial charge is 0.310 e. The number of rotatable bonds is 6. The van der Waals surface area contributed by atoms with Crippen molar-refractivity contribution in [1.82, 2.24) is 5.32 Å². The number of hydrogen-bond acceptors (Lipinski definition) is 4. The highest BCUT2D eigenvalue weighted by molar-refractivity contribution is 7.92. The molecular formula is C14H17ClN2O2S2. The lowest BCUT2D eigenvalue weighted by molar-refractivity contribution is 0.592. The Bertz CT molecular complexity index is 694. The number of hydrogen-bond donors (Lipinski definition) is 2. The molecule has 0 saturated carbocycles. The fourth-order valence-corrected chi connectivity index (χ4v) is 4.04. The molecule has 0 aliphatic rings. The van der Waals surface area contributed by atoms with Crippen molar-refractivity contribution in [3.05, 3.63) is 45.6 Å². The number of anilines is 1. The van der Waals surface area contributed by atoms with E-state index < -0.39 is 10.0 Å². The van der Waals surface area contributed by atoms with Gasteiger partial charge in [-0.15, -0.1) is 11.3 Å². The van der Waals surface area contributed by atoms with Crippen LogP contribution in [0, 0.1) is 0 Å². The zero-order chi connectivity index (χ0) is 15.5. The van der Waals surface area contributed by atoms with Gasteiger partial charge in [-0.3, -0.25) is 4.72 Å². The normalized spacial score (nSPS) is 11.8. The van der Waals surface area contributed by atoms with Gasteiger partial charge >= 0.3 is 0 Å². The predicted molar refractivity (Wildman–Crippen MR) is 88.6 cm³/mol. The molecule has 114 valence electrons. The number of nitrogens with one attached hydrogen (secondary N) is 2. The molecule has 0 amide bonds. The van der Waals surface area contributed by atoms with Gasteiger partial charge in [0.25, 0.3) is 10.0 Å². The third-order valence-corrected chi connectivity index (χ3v) is 5.42. The number of benzene rings is 1. The first-order chi connectivity index (χ1) is 9.87. The van der Waals surface area contributed by atoms with E-state index in [4.69, 9.17) is 11.6 Å². The fourth-order valence-electron chi connectivity index (χ4n) is 1.63. The van der Waals surface area contributed by atoms with Crippen molar-refractivity contribution in [2.24, 2.45) is 0 Å². The van der Waals surface area contributed by atoms with Gasteiger partial charge in [0.1, 0.15) is 0 Å².